The average Bonchev–Trinajstić information content (AvgIpc) is 2.74. The second-order valence-electron chi connectivity index (χ2n) is 4.41. The van der Waals surface area contributed by atoms with Gasteiger partial charge in [0, 0.05) is 6.42 Å². The lowest BCUT2D eigenvalue weighted by Crippen LogP contribution is -2.32. The average molecular weight is 238 g/mol. The van der Waals surface area contributed by atoms with Gasteiger partial charge in [-0.25, -0.2) is 0 Å². The van der Waals surface area contributed by atoms with Crippen LogP contribution in [0.15, 0.2) is 4.52 Å². The number of aromatic nitrogens is 2. The monoisotopic (exact) mass is 238 g/mol. The third-order valence-electron chi connectivity index (χ3n) is 2.94. The summed E-state index contributed by atoms with van der Waals surface area (Å²) in [5.41, 5.74) is 0. The first kappa shape index (κ1) is 12.0. The molecule has 1 aromatic heterocycles. The number of carbonyl (C=O) groups is 1. The van der Waals surface area contributed by atoms with Gasteiger partial charge in [0.05, 0.1) is 6.54 Å². The van der Waals surface area contributed by atoms with Gasteiger partial charge >= 0.3 is 0 Å². The van der Waals surface area contributed by atoms with Crippen molar-refractivity contribution in [2.24, 2.45) is 5.92 Å². The van der Waals surface area contributed by atoms with Crippen LogP contribution in [0.2, 0.25) is 0 Å². The number of amides is 1. The Morgan fingerprint density at radius 3 is 2.94 bits per heavy atom. The first-order valence-electron chi connectivity index (χ1n) is 6.00. The molecule has 0 radical (unpaired) electrons. The fourth-order valence-electron chi connectivity index (χ4n) is 2.01. The summed E-state index contributed by atoms with van der Waals surface area (Å²) < 4.78 is 4.92. The minimum absolute atomic E-state index is 0.0627. The van der Waals surface area contributed by atoms with Crippen molar-refractivity contribution in [3.63, 3.8) is 0 Å². The van der Waals surface area contributed by atoms with Crippen molar-refractivity contribution in [1.82, 2.24) is 20.8 Å². The highest BCUT2D eigenvalue weighted by atomic mass is 16.5. The number of rotatable bonds is 4. The quantitative estimate of drug-likeness (QED) is 0.793. The Labute approximate surface area is 100 Å². The smallest absolute Gasteiger partial charge is 0.246 e. The van der Waals surface area contributed by atoms with Crippen LogP contribution in [0.3, 0.4) is 0 Å². The van der Waals surface area contributed by atoms with Gasteiger partial charge < -0.3 is 15.2 Å². The Kier molecular flexibility index (Phi) is 4.08. The van der Waals surface area contributed by atoms with E-state index in [0.29, 0.717) is 30.6 Å². The number of nitrogens with zero attached hydrogens (tertiary/aromatic N) is 2. The maximum absolute atomic E-state index is 11.7. The second-order valence-corrected chi connectivity index (χ2v) is 4.41. The lowest BCUT2D eigenvalue weighted by Gasteiger charge is -2.21. The topological polar surface area (TPSA) is 80.0 Å². The van der Waals surface area contributed by atoms with Gasteiger partial charge in [-0.15, -0.1) is 0 Å². The van der Waals surface area contributed by atoms with Gasteiger partial charge in [-0.2, -0.15) is 4.98 Å². The van der Waals surface area contributed by atoms with E-state index < -0.39 is 0 Å². The molecule has 1 aliphatic heterocycles. The SMILES string of the molecule is Cc1noc(CNC(=O)CC2CCNCC2)n1. The molecule has 2 N–H and O–H groups in total. The molecule has 1 amide bonds. The van der Waals surface area contributed by atoms with E-state index in [1.165, 1.54) is 0 Å². The number of piperidine rings is 1. The molecule has 1 aliphatic rings. The zero-order valence-corrected chi connectivity index (χ0v) is 10.0. The first-order chi connectivity index (χ1) is 8.24. The molecule has 0 aliphatic carbocycles. The van der Waals surface area contributed by atoms with Crippen LogP contribution in [0.4, 0.5) is 0 Å². The fraction of sp³-hybridized carbons (Fsp3) is 0.727. The van der Waals surface area contributed by atoms with E-state index in [2.05, 4.69) is 20.8 Å². The van der Waals surface area contributed by atoms with Gasteiger partial charge in [0.25, 0.3) is 0 Å². The number of carbonyl (C=O) groups excluding carboxylic acids is 1. The van der Waals surface area contributed by atoms with Crippen molar-refractivity contribution in [1.29, 1.82) is 0 Å². The van der Waals surface area contributed by atoms with Crippen molar-refractivity contribution in [2.75, 3.05) is 13.1 Å². The van der Waals surface area contributed by atoms with E-state index in [4.69, 9.17) is 4.52 Å². The molecule has 6 nitrogen and oxygen atoms in total. The second kappa shape index (κ2) is 5.77. The van der Waals surface area contributed by atoms with Crippen LogP contribution in [0.25, 0.3) is 0 Å². The van der Waals surface area contributed by atoms with Crippen LogP contribution >= 0.6 is 0 Å². The van der Waals surface area contributed by atoms with Crippen LogP contribution in [0.1, 0.15) is 31.0 Å². The van der Waals surface area contributed by atoms with Crippen molar-refractivity contribution in [3.05, 3.63) is 11.7 Å². The van der Waals surface area contributed by atoms with E-state index in [9.17, 15) is 4.79 Å². The number of hydrogen-bond acceptors (Lipinski definition) is 5. The largest absolute Gasteiger partial charge is 0.347 e. The molecule has 2 heterocycles. The van der Waals surface area contributed by atoms with Crippen LogP contribution in [-0.2, 0) is 11.3 Å². The summed E-state index contributed by atoms with van der Waals surface area (Å²) >= 11 is 0. The Morgan fingerprint density at radius 1 is 1.53 bits per heavy atom. The lowest BCUT2D eigenvalue weighted by atomic mass is 9.94. The zero-order chi connectivity index (χ0) is 12.1. The minimum atomic E-state index is 0.0627. The van der Waals surface area contributed by atoms with Crippen molar-refractivity contribution in [3.8, 4) is 0 Å². The molecule has 6 heteroatoms. The van der Waals surface area contributed by atoms with Gasteiger partial charge in [-0.05, 0) is 38.8 Å². The van der Waals surface area contributed by atoms with E-state index in [-0.39, 0.29) is 5.91 Å². The van der Waals surface area contributed by atoms with E-state index >= 15 is 0 Å². The highest BCUT2D eigenvalue weighted by molar-refractivity contribution is 5.76. The van der Waals surface area contributed by atoms with Gasteiger partial charge in [0.15, 0.2) is 5.82 Å². The van der Waals surface area contributed by atoms with Crippen molar-refractivity contribution < 1.29 is 9.32 Å². The Hall–Kier alpha value is -1.43. The van der Waals surface area contributed by atoms with E-state index in [1.807, 2.05) is 0 Å². The Morgan fingerprint density at radius 2 is 2.29 bits per heavy atom. The summed E-state index contributed by atoms with van der Waals surface area (Å²) in [5.74, 6) is 1.61. The Balaban J connectivity index is 1.70. The predicted octanol–water partition coefficient (Wildman–Crippen LogP) is 0.384. The van der Waals surface area contributed by atoms with E-state index in [0.717, 1.165) is 25.9 Å². The number of aryl methyl sites for hydroxylation is 1. The normalized spacial score (nSPS) is 17.0. The molecule has 1 saturated heterocycles. The standard InChI is InChI=1S/C11H18N4O2/c1-8-14-11(17-15-8)7-13-10(16)6-9-2-4-12-5-3-9/h9,12H,2-7H2,1H3,(H,13,16). The first-order valence-corrected chi connectivity index (χ1v) is 6.00. The molecule has 0 atom stereocenters. The highest BCUT2D eigenvalue weighted by Gasteiger charge is 2.16. The van der Waals surface area contributed by atoms with Gasteiger partial charge in [0.2, 0.25) is 11.8 Å². The number of nitrogens with one attached hydrogen (secondary N) is 2. The molecule has 2 rings (SSSR count). The van der Waals surface area contributed by atoms with E-state index in [1.54, 1.807) is 6.92 Å². The third-order valence-corrected chi connectivity index (χ3v) is 2.94. The third kappa shape index (κ3) is 3.81. The molecule has 0 saturated carbocycles. The minimum Gasteiger partial charge on any atom is -0.347 e. The summed E-state index contributed by atoms with van der Waals surface area (Å²) in [6, 6.07) is 0. The van der Waals surface area contributed by atoms with Crippen LogP contribution in [-0.4, -0.2) is 29.1 Å². The van der Waals surface area contributed by atoms with Crippen LogP contribution in [0, 0.1) is 12.8 Å². The maximum atomic E-state index is 11.7. The predicted molar refractivity (Wildman–Crippen MR) is 61.1 cm³/mol. The Bertz CT molecular complexity index is 371. The lowest BCUT2D eigenvalue weighted by molar-refractivity contribution is -0.122. The zero-order valence-electron chi connectivity index (χ0n) is 10.0. The van der Waals surface area contributed by atoms with Gasteiger partial charge in [0.1, 0.15) is 0 Å². The summed E-state index contributed by atoms with van der Waals surface area (Å²) in [5, 5.41) is 9.75. The molecule has 0 spiro atoms. The van der Waals surface area contributed by atoms with Crippen LogP contribution in [0.5, 0.6) is 0 Å². The molecular formula is C11H18N4O2. The number of hydrogen-bond donors (Lipinski definition) is 2. The summed E-state index contributed by atoms with van der Waals surface area (Å²) in [6.45, 7) is 4.11. The molecule has 17 heavy (non-hydrogen) atoms. The molecule has 1 fully saturated rings. The molecular weight excluding hydrogens is 220 g/mol. The highest BCUT2D eigenvalue weighted by Crippen LogP contribution is 2.15. The molecule has 94 valence electrons. The van der Waals surface area contributed by atoms with Gasteiger partial charge in [-0.1, -0.05) is 5.16 Å². The van der Waals surface area contributed by atoms with Gasteiger partial charge in [-0.3, -0.25) is 4.79 Å². The molecule has 0 aromatic carbocycles. The fourth-order valence-corrected chi connectivity index (χ4v) is 2.01. The summed E-state index contributed by atoms with van der Waals surface area (Å²) in [7, 11) is 0. The van der Waals surface area contributed by atoms with Crippen molar-refractivity contribution >= 4 is 5.91 Å². The van der Waals surface area contributed by atoms with Crippen molar-refractivity contribution in [2.45, 2.75) is 32.7 Å². The summed E-state index contributed by atoms with van der Waals surface area (Å²) in [4.78, 5) is 15.7. The molecule has 0 unspecified atom stereocenters. The molecule has 0 bridgehead atoms. The summed E-state index contributed by atoms with van der Waals surface area (Å²) in [6.07, 6.45) is 2.75. The molecule has 1 aromatic rings. The maximum Gasteiger partial charge on any atom is 0.246 e. The van der Waals surface area contributed by atoms with Crippen LogP contribution < -0.4 is 10.6 Å².